The molecule has 0 spiro atoms. The first-order valence-electron chi connectivity index (χ1n) is 19.1. The summed E-state index contributed by atoms with van der Waals surface area (Å²) in [5, 5.41) is 0. The second kappa shape index (κ2) is 12.3. The smallest absolute Gasteiger partial charge is 0.152 e. The Labute approximate surface area is 332 Å². The number of nitrogens with zero attached hydrogens (tertiary/aromatic N) is 1. The Morgan fingerprint density at radius 2 is 0.732 bits per heavy atom. The van der Waals surface area contributed by atoms with Gasteiger partial charge in [-0.3, -0.25) is 0 Å². The van der Waals surface area contributed by atoms with Crippen LogP contribution in [-0.2, 0) is 0 Å². The van der Waals surface area contributed by atoms with Crippen LogP contribution in [0.5, 0.6) is 11.5 Å². The highest BCUT2D eigenvalue weighted by Crippen LogP contribution is 2.69. The molecule has 0 atom stereocenters. The average molecular weight is 760 g/mol. The van der Waals surface area contributed by atoms with Gasteiger partial charge in [-0.1, -0.05) is 115 Å². The van der Waals surface area contributed by atoms with Crippen molar-refractivity contribution in [2.45, 2.75) is 19.6 Å². The lowest BCUT2D eigenvalue weighted by Crippen LogP contribution is -2.16. The van der Waals surface area contributed by atoms with Crippen molar-refractivity contribution in [3.8, 4) is 67.1 Å². The summed E-state index contributed by atoms with van der Waals surface area (Å²) in [5.41, 5.74) is 15.8. The third-order valence-electron chi connectivity index (χ3n) is 12.0. The van der Waals surface area contributed by atoms with Crippen LogP contribution in [0.2, 0.25) is 0 Å². The van der Waals surface area contributed by atoms with E-state index in [2.05, 4.69) is 206 Å². The van der Waals surface area contributed by atoms with Crippen LogP contribution in [0.15, 0.2) is 196 Å². The molecule has 0 saturated heterocycles. The van der Waals surface area contributed by atoms with Crippen LogP contribution in [0.25, 0.3) is 55.6 Å². The van der Waals surface area contributed by atoms with Crippen molar-refractivity contribution >= 4 is 37.1 Å². The largest absolute Gasteiger partial charge is 0.453 e. The van der Waals surface area contributed by atoms with Crippen LogP contribution in [0, 0.1) is 0 Å². The fourth-order valence-corrected chi connectivity index (χ4v) is 14.1. The van der Waals surface area contributed by atoms with E-state index in [0.717, 1.165) is 39.7 Å². The molecule has 0 amide bonds. The van der Waals surface area contributed by atoms with Crippen molar-refractivity contribution in [1.29, 1.82) is 0 Å². The van der Waals surface area contributed by atoms with Crippen LogP contribution >= 0.6 is 20.1 Å². The lowest BCUT2D eigenvalue weighted by atomic mass is 9.98. The van der Waals surface area contributed by atoms with Gasteiger partial charge in [0.1, 0.15) is 0 Å². The van der Waals surface area contributed by atoms with Gasteiger partial charge >= 0.3 is 0 Å². The fourth-order valence-electron chi connectivity index (χ4n) is 9.08. The van der Waals surface area contributed by atoms with Gasteiger partial charge in [-0.15, -0.1) is 0 Å². The number of rotatable bonds is 4. The third kappa shape index (κ3) is 4.99. The van der Waals surface area contributed by atoms with Crippen LogP contribution in [0.1, 0.15) is 0 Å². The highest BCUT2D eigenvalue weighted by Gasteiger charge is 2.34. The van der Waals surface area contributed by atoms with Crippen molar-refractivity contribution in [2.24, 2.45) is 0 Å². The van der Waals surface area contributed by atoms with Crippen molar-refractivity contribution < 1.29 is 4.74 Å². The van der Waals surface area contributed by atoms with Gasteiger partial charge in [-0.25, -0.2) is 0 Å². The van der Waals surface area contributed by atoms with Gasteiger partial charge < -0.3 is 9.64 Å². The zero-order chi connectivity index (χ0) is 37.8. The van der Waals surface area contributed by atoms with Crippen LogP contribution in [0.4, 0.5) is 17.1 Å². The van der Waals surface area contributed by atoms with E-state index in [0.29, 0.717) is 0 Å². The summed E-state index contributed by atoms with van der Waals surface area (Å²) in [6.45, 7) is 0. The minimum absolute atomic E-state index is 0.852. The first-order valence-corrected chi connectivity index (χ1v) is 24.0. The monoisotopic (exact) mass is 759 g/mol. The second-order valence-corrected chi connectivity index (χ2v) is 22.8. The molecule has 0 aromatic heterocycles. The molecule has 4 heteroatoms. The summed E-state index contributed by atoms with van der Waals surface area (Å²) < 4.78 is 6.98. The summed E-state index contributed by atoms with van der Waals surface area (Å²) in [6.07, 6.45) is 9.70. The summed E-state index contributed by atoms with van der Waals surface area (Å²) in [6, 6.07) is 64.9. The van der Waals surface area contributed by atoms with E-state index in [4.69, 9.17) is 4.74 Å². The summed E-state index contributed by atoms with van der Waals surface area (Å²) in [7, 11) is -2.23. The molecule has 3 heterocycles. The molecule has 0 radical (unpaired) electrons. The normalized spacial score (nSPS) is 16.0. The molecule has 11 rings (SSSR count). The molecule has 8 aromatic rings. The lowest BCUT2D eigenvalue weighted by molar-refractivity contribution is 0.477. The van der Waals surface area contributed by atoms with E-state index in [1.54, 1.807) is 0 Å². The number of ether oxygens (including phenoxy) is 1. The van der Waals surface area contributed by atoms with Gasteiger partial charge in [0.15, 0.2) is 11.5 Å². The van der Waals surface area contributed by atoms with Crippen molar-refractivity contribution in [2.75, 3.05) is 29.9 Å². The Morgan fingerprint density at radius 3 is 1.25 bits per heavy atom. The zero-order valence-corrected chi connectivity index (χ0v) is 33.5. The van der Waals surface area contributed by atoms with E-state index in [-0.39, 0.29) is 0 Å². The summed E-state index contributed by atoms with van der Waals surface area (Å²) in [5.74, 6) is 1.70. The van der Waals surface area contributed by atoms with Gasteiger partial charge in [0.25, 0.3) is 0 Å². The molecule has 3 aliphatic rings. The summed E-state index contributed by atoms with van der Waals surface area (Å²) in [4.78, 5) is 8.20. The molecule has 56 heavy (non-hydrogen) atoms. The van der Waals surface area contributed by atoms with Gasteiger partial charge in [-0.2, -0.15) is 20.1 Å². The maximum atomic E-state index is 6.98. The Hall–Kier alpha value is -5.94. The molecule has 0 unspecified atom stereocenters. The van der Waals surface area contributed by atoms with Gasteiger partial charge in [-0.05, 0) is 141 Å². The van der Waals surface area contributed by atoms with Crippen molar-refractivity contribution in [3.05, 3.63) is 176 Å². The molecule has 2 nitrogen and oxygen atoms in total. The molecule has 3 aliphatic heterocycles. The second-order valence-electron chi connectivity index (χ2n) is 15.8. The highest BCUT2D eigenvalue weighted by molar-refractivity contribution is 8.33. The molecule has 8 aromatic carbocycles. The van der Waals surface area contributed by atoms with Crippen LogP contribution < -0.4 is 9.64 Å². The SMILES string of the molecule is CS1(C)c2ccccc2-c2ccc(-c3ccc4c(c3)Oc3cc(-c5ccc6c(c5)S(C)(C)c5ccccc5-6)ccc3N4c3ccc(-c4ccccc4)cc3)cc21. The zero-order valence-electron chi connectivity index (χ0n) is 31.9. The molecule has 272 valence electrons. The standard InChI is InChI=1S/C52H41NOS2/c1-55(2)49-16-10-8-14-41(49)43-26-20-38(32-51(43)55)36-22-28-45-47(30-36)54-48-31-37(39-21-27-44-42-15-9-11-17-50(42)56(3,4)52(44)33-39)23-29-46(48)53(45)40-24-18-35(19-25-40)34-12-6-5-7-13-34/h5-33H,1-4H3. The molecule has 0 aliphatic carbocycles. The molecule has 0 saturated carbocycles. The number of hydrogen-bond donors (Lipinski definition) is 0. The fraction of sp³-hybridized carbons (Fsp3) is 0.0769. The Balaban J connectivity index is 1.02. The number of fused-ring (bicyclic) bond motifs is 8. The summed E-state index contributed by atoms with van der Waals surface area (Å²) >= 11 is 0. The van der Waals surface area contributed by atoms with E-state index in [9.17, 15) is 0 Å². The van der Waals surface area contributed by atoms with Gasteiger partial charge in [0.2, 0.25) is 0 Å². The molecular weight excluding hydrogens is 719 g/mol. The number of benzene rings is 8. The first kappa shape index (κ1) is 33.4. The minimum atomic E-state index is -1.12. The van der Waals surface area contributed by atoms with E-state index < -0.39 is 20.1 Å². The van der Waals surface area contributed by atoms with E-state index >= 15 is 0 Å². The molecule has 0 fully saturated rings. The quantitative estimate of drug-likeness (QED) is 0.177. The third-order valence-corrected chi connectivity index (χ3v) is 17.8. The topological polar surface area (TPSA) is 12.5 Å². The lowest BCUT2D eigenvalue weighted by Gasteiger charge is -2.34. The molecular formula is C52H41NOS2. The first-order chi connectivity index (χ1) is 27.3. The van der Waals surface area contributed by atoms with E-state index in [1.165, 1.54) is 64.1 Å². The van der Waals surface area contributed by atoms with Gasteiger partial charge in [0.05, 0.1) is 11.4 Å². The molecule has 0 N–H and O–H groups in total. The number of hydrogen-bond acceptors (Lipinski definition) is 2. The highest BCUT2D eigenvalue weighted by atomic mass is 32.3. The van der Waals surface area contributed by atoms with E-state index in [1.807, 2.05) is 0 Å². The van der Waals surface area contributed by atoms with Crippen molar-refractivity contribution in [3.63, 3.8) is 0 Å². The van der Waals surface area contributed by atoms with Crippen LogP contribution in [0.3, 0.4) is 0 Å². The predicted molar refractivity (Wildman–Crippen MR) is 240 cm³/mol. The van der Waals surface area contributed by atoms with Crippen LogP contribution in [-0.4, -0.2) is 25.0 Å². The Kier molecular flexibility index (Phi) is 7.32. The average Bonchev–Trinajstić information content (AvgIpc) is 3.61. The Morgan fingerprint density at radius 1 is 0.339 bits per heavy atom. The predicted octanol–water partition coefficient (Wildman–Crippen LogP) is 15.2. The van der Waals surface area contributed by atoms with Gasteiger partial charge in [0, 0.05) is 25.3 Å². The minimum Gasteiger partial charge on any atom is -0.453 e. The Bertz CT molecular complexity index is 2740. The maximum Gasteiger partial charge on any atom is 0.152 e. The van der Waals surface area contributed by atoms with Crippen molar-refractivity contribution in [1.82, 2.24) is 0 Å². The maximum absolute atomic E-state index is 6.98. The molecule has 0 bridgehead atoms. The number of anilines is 3.